The molecule has 1 aliphatic heterocycles. The molecule has 2 atom stereocenters. The molecule has 0 spiro atoms. The third-order valence-electron chi connectivity index (χ3n) is 4.07. The van der Waals surface area contributed by atoms with Gasteiger partial charge >= 0.3 is 5.92 Å². The van der Waals surface area contributed by atoms with Gasteiger partial charge in [-0.05, 0) is 32.2 Å². The number of nitrogens with one attached hydrogen (secondary N) is 1. The fourth-order valence-corrected chi connectivity index (χ4v) is 2.98. The zero-order valence-electron chi connectivity index (χ0n) is 13.2. The smallest absolute Gasteiger partial charge is 0.347 e. The number of benzene rings is 1. The molecule has 1 aromatic carbocycles. The highest BCUT2D eigenvalue weighted by molar-refractivity contribution is 5.84. The minimum absolute atomic E-state index is 0.272. The molecule has 1 heterocycles. The first-order valence-electron chi connectivity index (χ1n) is 7.86. The van der Waals surface area contributed by atoms with Crippen molar-refractivity contribution >= 4 is 5.91 Å². The molecule has 0 bridgehead atoms. The minimum atomic E-state index is -3.50. The molecule has 1 aliphatic rings. The molecule has 1 aromatic rings. The maximum absolute atomic E-state index is 14.1. The van der Waals surface area contributed by atoms with Gasteiger partial charge < -0.3 is 10.2 Å². The van der Waals surface area contributed by atoms with E-state index in [-0.39, 0.29) is 11.6 Å². The lowest BCUT2D eigenvalue weighted by molar-refractivity contribution is -0.147. The van der Waals surface area contributed by atoms with E-state index in [2.05, 4.69) is 17.1 Å². The Kier molecular flexibility index (Phi) is 5.51. The van der Waals surface area contributed by atoms with Crippen molar-refractivity contribution < 1.29 is 13.6 Å². The van der Waals surface area contributed by atoms with Crippen LogP contribution >= 0.6 is 0 Å². The Morgan fingerprint density at radius 1 is 1.41 bits per heavy atom. The zero-order chi connectivity index (χ0) is 16.2. The van der Waals surface area contributed by atoms with Crippen molar-refractivity contribution in [1.82, 2.24) is 10.2 Å². The molecule has 0 aliphatic carbocycles. The molecule has 0 saturated carbocycles. The number of amides is 1. The number of alkyl halides is 2. The lowest BCUT2D eigenvalue weighted by atomic mass is 10.00. The molecule has 5 heteroatoms. The maximum atomic E-state index is 14.1. The Bertz CT molecular complexity index is 493. The van der Waals surface area contributed by atoms with Crippen LogP contribution in [0.1, 0.15) is 32.3 Å². The van der Waals surface area contributed by atoms with E-state index in [0.29, 0.717) is 12.5 Å². The van der Waals surface area contributed by atoms with E-state index in [9.17, 15) is 13.6 Å². The van der Waals surface area contributed by atoms with Crippen molar-refractivity contribution in [2.75, 3.05) is 19.6 Å². The third-order valence-corrected chi connectivity index (χ3v) is 4.07. The van der Waals surface area contributed by atoms with Crippen molar-refractivity contribution in [2.45, 2.75) is 38.7 Å². The second-order valence-electron chi connectivity index (χ2n) is 6.32. The summed E-state index contributed by atoms with van der Waals surface area (Å²) in [4.78, 5) is 14.1. The number of rotatable bonds is 5. The van der Waals surface area contributed by atoms with Crippen LogP contribution in [0.3, 0.4) is 0 Å². The number of carbonyl (C=O) groups is 1. The largest absolute Gasteiger partial charge is 0.349 e. The summed E-state index contributed by atoms with van der Waals surface area (Å²) in [6, 6.07) is 6.92. The van der Waals surface area contributed by atoms with E-state index in [1.165, 1.54) is 30.7 Å². The van der Waals surface area contributed by atoms with Crippen LogP contribution in [0.4, 0.5) is 8.78 Å². The maximum Gasteiger partial charge on any atom is 0.349 e. The van der Waals surface area contributed by atoms with Gasteiger partial charge in [0.15, 0.2) is 0 Å². The van der Waals surface area contributed by atoms with Gasteiger partial charge in [0.25, 0.3) is 5.91 Å². The number of likely N-dealkylation sites (tertiary alicyclic amines) is 1. The van der Waals surface area contributed by atoms with Gasteiger partial charge in [0.05, 0.1) is 0 Å². The molecule has 0 aromatic heterocycles. The van der Waals surface area contributed by atoms with E-state index in [1.54, 1.807) is 13.0 Å². The van der Waals surface area contributed by atoms with E-state index < -0.39 is 11.8 Å². The summed E-state index contributed by atoms with van der Waals surface area (Å²) in [5.74, 6) is -4.09. The summed E-state index contributed by atoms with van der Waals surface area (Å²) < 4.78 is 28.2. The Labute approximate surface area is 130 Å². The van der Waals surface area contributed by atoms with Crippen LogP contribution in [0.5, 0.6) is 0 Å². The van der Waals surface area contributed by atoms with Gasteiger partial charge in [0.2, 0.25) is 0 Å². The molecule has 2 unspecified atom stereocenters. The normalized spacial score (nSPS) is 21.4. The van der Waals surface area contributed by atoms with Crippen molar-refractivity contribution in [2.24, 2.45) is 5.92 Å². The first-order valence-corrected chi connectivity index (χ1v) is 7.86. The van der Waals surface area contributed by atoms with Crippen molar-refractivity contribution in [1.29, 1.82) is 0 Å². The predicted octanol–water partition coefficient (Wildman–Crippen LogP) is 3.02. The molecule has 1 saturated heterocycles. The second kappa shape index (κ2) is 7.18. The first kappa shape index (κ1) is 16.9. The highest BCUT2D eigenvalue weighted by Gasteiger charge is 2.41. The fourth-order valence-electron chi connectivity index (χ4n) is 2.98. The van der Waals surface area contributed by atoms with Crippen LogP contribution in [0.2, 0.25) is 0 Å². The third kappa shape index (κ3) is 4.26. The van der Waals surface area contributed by atoms with Gasteiger partial charge in [-0.15, -0.1) is 0 Å². The van der Waals surface area contributed by atoms with Crippen molar-refractivity contribution in [3.05, 3.63) is 35.9 Å². The molecule has 1 N–H and O–H groups in total. The number of piperidine rings is 1. The van der Waals surface area contributed by atoms with E-state index in [0.717, 1.165) is 19.5 Å². The van der Waals surface area contributed by atoms with E-state index >= 15 is 0 Å². The fraction of sp³-hybridized carbons (Fsp3) is 0.588. The Morgan fingerprint density at radius 3 is 2.73 bits per heavy atom. The number of halogens is 2. The topological polar surface area (TPSA) is 32.3 Å². The number of hydrogen-bond acceptors (Lipinski definition) is 2. The summed E-state index contributed by atoms with van der Waals surface area (Å²) >= 11 is 0. The highest BCUT2D eigenvalue weighted by atomic mass is 19.3. The zero-order valence-corrected chi connectivity index (χ0v) is 13.2. The van der Waals surface area contributed by atoms with Crippen LogP contribution in [-0.4, -0.2) is 36.5 Å². The van der Waals surface area contributed by atoms with Crippen LogP contribution in [0.15, 0.2) is 30.3 Å². The van der Waals surface area contributed by atoms with E-state index in [4.69, 9.17) is 0 Å². The molecule has 2 rings (SSSR count). The average Bonchev–Trinajstić information content (AvgIpc) is 2.48. The molecule has 1 fully saturated rings. The quantitative estimate of drug-likeness (QED) is 0.907. The molecule has 1 amide bonds. The van der Waals surface area contributed by atoms with Crippen molar-refractivity contribution in [3.8, 4) is 0 Å². The highest BCUT2D eigenvalue weighted by Crippen LogP contribution is 2.28. The summed E-state index contributed by atoms with van der Waals surface area (Å²) in [6.07, 6.45) is 2.34. The molecule has 0 radical (unpaired) electrons. The molecule has 22 heavy (non-hydrogen) atoms. The van der Waals surface area contributed by atoms with Gasteiger partial charge in [0.1, 0.15) is 0 Å². The molecular formula is C17H24F2N2O. The molecular weight excluding hydrogens is 286 g/mol. The summed E-state index contributed by atoms with van der Waals surface area (Å²) in [5, 5.41) is 2.45. The van der Waals surface area contributed by atoms with Crippen LogP contribution in [0.25, 0.3) is 0 Å². The monoisotopic (exact) mass is 310 g/mol. The number of carbonyl (C=O) groups excluding carboxylic acids is 1. The Morgan fingerprint density at radius 2 is 2.09 bits per heavy atom. The van der Waals surface area contributed by atoms with Gasteiger partial charge in [-0.1, -0.05) is 37.3 Å². The second-order valence-corrected chi connectivity index (χ2v) is 6.32. The summed E-state index contributed by atoms with van der Waals surface area (Å²) in [6.45, 7) is 6.52. The Hall–Kier alpha value is -1.49. The average molecular weight is 310 g/mol. The molecule has 122 valence electrons. The Balaban J connectivity index is 1.90. The number of nitrogens with zero attached hydrogens (tertiary/aromatic N) is 1. The number of hydrogen-bond donors (Lipinski definition) is 1. The van der Waals surface area contributed by atoms with Crippen LogP contribution in [0, 0.1) is 5.92 Å². The lowest BCUT2D eigenvalue weighted by Gasteiger charge is -2.33. The SMILES string of the molecule is CC1CCCN(CC(C)NC(=O)C(F)(F)c2ccccc2)C1. The van der Waals surface area contributed by atoms with Gasteiger partial charge in [-0.25, -0.2) is 0 Å². The van der Waals surface area contributed by atoms with Crippen LogP contribution in [-0.2, 0) is 10.7 Å². The van der Waals surface area contributed by atoms with Gasteiger partial charge in [0, 0.05) is 24.7 Å². The van der Waals surface area contributed by atoms with Crippen molar-refractivity contribution in [3.63, 3.8) is 0 Å². The minimum Gasteiger partial charge on any atom is -0.347 e. The van der Waals surface area contributed by atoms with Crippen LogP contribution < -0.4 is 5.32 Å². The summed E-state index contributed by atoms with van der Waals surface area (Å²) in [7, 11) is 0. The van der Waals surface area contributed by atoms with E-state index in [1.807, 2.05) is 0 Å². The van der Waals surface area contributed by atoms with Gasteiger partial charge in [-0.3, -0.25) is 4.79 Å². The lowest BCUT2D eigenvalue weighted by Crippen LogP contribution is -2.48. The van der Waals surface area contributed by atoms with Gasteiger partial charge in [-0.2, -0.15) is 8.78 Å². The molecule has 3 nitrogen and oxygen atoms in total. The summed E-state index contributed by atoms with van der Waals surface area (Å²) in [5.41, 5.74) is -0.272. The standard InChI is InChI=1S/C17H24F2N2O/c1-13-7-6-10-21(11-13)12-14(2)20-16(22)17(18,19)15-8-4-3-5-9-15/h3-5,8-9,13-14H,6-7,10-12H2,1-2H3,(H,20,22). The predicted molar refractivity (Wildman–Crippen MR) is 82.8 cm³/mol. The first-order chi connectivity index (χ1) is 10.4.